The van der Waals surface area contributed by atoms with Crippen LogP contribution in [-0.2, 0) is 0 Å². The van der Waals surface area contributed by atoms with Gasteiger partial charge in [-0.05, 0) is 25.0 Å². The highest BCUT2D eigenvalue weighted by molar-refractivity contribution is 5.46. The summed E-state index contributed by atoms with van der Waals surface area (Å²) in [7, 11) is 1.90. The van der Waals surface area contributed by atoms with E-state index in [1.807, 2.05) is 18.0 Å². The van der Waals surface area contributed by atoms with Gasteiger partial charge < -0.3 is 10.0 Å². The molecule has 1 aliphatic carbocycles. The molecule has 2 unspecified atom stereocenters. The third-order valence-electron chi connectivity index (χ3n) is 3.89. The van der Waals surface area contributed by atoms with Crippen molar-refractivity contribution in [3.8, 4) is 0 Å². The summed E-state index contributed by atoms with van der Waals surface area (Å²) in [6.07, 6.45) is 5.18. The number of hydrogen-bond acceptors (Lipinski definition) is 2. The lowest BCUT2D eigenvalue weighted by atomic mass is 9.96. The normalized spacial score (nSPS) is 24.6. The fourth-order valence-electron chi connectivity index (χ4n) is 2.79. The molecule has 2 rings (SSSR count). The van der Waals surface area contributed by atoms with Gasteiger partial charge in [-0.2, -0.15) is 0 Å². The molecule has 18 heavy (non-hydrogen) atoms. The van der Waals surface area contributed by atoms with Gasteiger partial charge >= 0.3 is 0 Å². The third kappa shape index (κ3) is 3.22. The van der Waals surface area contributed by atoms with Crippen LogP contribution < -0.4 is 4.90 Å². The van der Waals surface area contributed by atoms with E-state index in [1.165, 1.54) is 18.9 Å². The summed E-state index contributed by atoms with van der Waals surface area (Å²) in [5.74, 6) is 0.0696. The molecule has 0 heterocycles. The van der Waals surface area contributed by atoms with Gasteiger partial charge in [0.15, 0.2) is 0 Å². The van der Waals surface area contributed by atoms with E-state index in [-0.39, 0.29) is 17.8 Å². The first kappa shape index (κ1) is 13.3. The zero-order valence-electron chi connectivity index (χ0n) is 11.0. The molecule has 3 heteroatoms. The van der Waals surface area contributed by atoms with Crippen LogP contribution in [0.15, 0.2) is 24.3 Å². The van der Waals surface area contributed by atoms with E-state index in [0.717, 1.165) is 25.8 Å². The monoisotopic (exact) mass is 251 g/mol. The molecule has 2 atom stereocenters. The van der Waals surface area contributed by atoms with Gasteiger partial charge in [-0.25, -0.2) is 4.39 Å². The van der Waals surface area contributed by atoms with E-state index in [0.29, 0.717) is 5.69 Å². The minimum atomic E-state index is -0.235. The Morgan fingerprint density at radius 3 is 2.72 bits per heavy atom. The van der Waals surface area contributed by atoms with Crippen molar-refractivity contribution in [3.63, 3.8) is 0 Å². The van der Waals surface area contributed by atoms with Crippen molar-refractivity contribution in [1.82, 2.24) is 0 Å². The van der Waals surface area contributed by atoms with E-state index in [2.05, 4.69) is 0 Å². The van der Waals surface area contributed by atoms with Gasteiger partial charge in [-0.1, -0.05) is 31.4 Å². The molecule has 0 spiro atoms. The van der Waals surface area contributed by atoms with Gasteiger partial charge in [0.25, 0.3) is 0 Å². The van der Waals surface area contributed by atoms with Crippen LogP contribution in [0.5, 0.6) is 0 Å². The standard InChI is InChI=1S/C15H22FNO/c1-17(14-9-6-5-8-13(14)16)11-12-7-3-2-4-10-15(12)18/h5-6,8-9,12,15,18H,2-4,7,10-11H2,1H3. The molecular weight excluding hydrogens is 229 g/mol. The van der Waals surface area contributed by atoms with Crippen molar-refractivity contribution in [2.24, 2.45) is 5.92 Å². The van der Waals surface area contributed by atoms with Crippen molar-refractivity contribution in [3.05, 3.63) is 30.1 Å². The summed E-state index contributed by atoms with van der Waals surface area (Å²) in [4.78, 5) is 1.93. The number of halogens is 1. The Morgan fingerprint density at radius 2 is 1.94 bits per heavy atom. The molecule has 0 aromatic heterocycles. The largest absolute Gasteiger partial charge is 0.393 e. The van der Waals surface area contributed by atoms with Crippen LogP contribution in [-0.4, -0.2) is 24.8 Å². The molecule has 1 aromatic carbocycles. The predicted molar refractivity (Wildman–Crippen MR) is 72.3 cm³/mol. The Kier molecular flexibility index (Phi) is 4.59. The summed E-state index contributed by atoms with van der Waals surface area (Å²) in [5.41, 5.74) is 0.619. The Morgan fingerprint density at radius 1 is 1.22 bits per heavy atom. The third-order valence-corrected chi connectivity index (χ3v) is 3.89. The molecule has 100 valence electrons. The fraction of sp³-hybridized carbons (Fsp3) is 0.600. The van der Waals surface area contributed by atoms with E-state index in [9.17, 15) is 9.50 Å². The van der Waals surface area contributed by atoms with Crippen LogP contribution in [0.25, 0.3) is 0 Å². The van der Waals surface area contributed by atoms with Crippen molar-refractivity contribution >= 4 is 5.69 Å². The first-order valence-electron chi connectivity index (χ1n) is 6.82. The molecule has 1 aromatic rings. The van der Waals surface area contributed by atoms with Crippen LogP contribution in [0.1, 0.15) is 32.1 Å². The molecule has 0 amide bonds. The predicted octanol–water partition coefficient (Wildman–Crippen LogP) is 3.20. The number of hydrogen-bond donors (Lipinski definition) is 1. The van der Waals surface area contributed by atoms with Crippen molar-refractivity contribution < 1.29 is 9.50 Å². The molecule has 0 bridgehead atoms. The number of anilines is 1. The number of aliphatic hydroxyl groups is 1. The molecular formula is C15H22FNO. The van der Waals surface area contributed by atoms with Gasteiger partial charge in [-0.3, -0.25) is 0 Å². The average molecular weight is 251 g/mol. The first-order valence-corrected chi connectivity index (χ1v) is 6.82. The van der Waals surface area contributed by atoms with Crippen LogP contribution in [0.3, 0.4) is 0 Å². The summed E-state index contributed by atoms with van der Waals surface area (Å²) in [5, 5.41) is 10.1. The zero-order chi connectivity index (χ0) is 13.0. The number of para-hydroxylation sites is 1. The Balaban J connectivity index is 2.02. The lowest BCUT2D eigenvalue weighted by molar-refractivity contribution is 0.104. The lowest BCUT2D eigenvalue weighted by Gasteiger charge is -2.28. The van der Waals surface area contributed by atoms with Gasteiger partial charge in [0.2, 0.25) is 0 Å². The van der Waals surface area contributed by atoms with Crippen LogP contribution in [0, 0.1) is 11.7 Å². The van der Waals surface area contributed by atoms with E-state index < -0.39 is 0 Å². The number of nitrogens with zero attached hydrogens (tertiary/aromatic N) is 1. The minimum Gasteiger partial charge on any atom is -0.393 e. The molecule has 1 fully saturated rings. The maximum atomic E-state index is 13.7. The van der Waals surface area contributed by atoms with E-state index >= 15 is 0 Å². The molecule has 0 radical (unpaired) electrons. The second kappa shape index (κ2) is 6.19. The van der Waals surface area contributed by atoms with Gasteiger partial charge in [-0.15, -0.1) is 0 Å². The quantitative estimate of drug-likeness (QED) is 0.834. The molecule has 0 saturated heterocycles. The summed E-state index contributed by atoms with van der Waals surface area (Å²) in [6.45, 7) is 0.724. The van der Waals surface area contributed by atoms with E-state index in [1.54, 1.807) is 12.1 Å². The van der Waals surface area contributed by atoms with Crippen LogP contribution in [0.4, 0.5) is 10.1 Å². The van der Waals surface area contributed by atoms with Crippen molar-refractivity contribution in [2.75, 3.05) is 18.5 Å². The highest BCUT2D eigenvalue weighted by atomic mass is 19.1. The number of aliphatic hydroxyl groups excluding tert-OH is 1. The molecule has 0 aliphatic heterocycles. The summed E-state index contributed by atoms with van der Waals surface area (Å²) in [6, 6.07) is 6.82. The molecule has 1 aliphatic rings. The lowest BCUT2D eigenvalue weighted by Crippen LogP contribution is -2.32. The van der Waals surface area contributed by atoms with Gasteiger partial charge in [0, 0.05) is 19.5 Å². The average Bonchev–Trinajstić information content (AvgIpc) is 2.55. The van der Waals surface area contributed by atoms with Crippen LogP contribution >= 0.6 is 0 Å². The topological polar surface area (TPSA) is 23.5 Å². The highest BCUT2D eigenvalue weighted by Crippen LogP contribution is 2.26. The minimum absolute atomic E-state index is 0.192. The van der Waals surface area contributed by atoms with Gasteiger partial charge in [0.05, 0.1) is 11.8 Å². The Hall–Kier alpha value is -1.09. The van der Waals surface area contributed by atoms with Crippen LogP contribution in [0.2, 0.25) is 0 Å². The smallest absolute Gasteiger partial charge is 0.146 e. The van der Waals surface area contributed by atoms with Crippen molar-refractivity contribution in [2.45, 2.75) is 38.2 Å². The zero-order valence-corrected chi connectivity index (χ0v) is 11.0. The van der Waals surface area contributed by atoms with Crippen molar-refractivity contribution in [1.29, 1.82) is 0 Å². The fourth-order valence-corrected chi connectivity index (χ4v) is 2.79. The van der Waals surface area contributed by atoms with Gasteiger partial charge in [0.1, 0.15) is 5.82 Å². The Bertz CT molecular complexity index is 383. The Labute approximate surface area is 108 Å². The molecule has 1 N–H and O–H groups in total. The number of benzene rings is 1. The molecule has 2 nitrogen and oxygen atoms in total. The van der Waals surface area contributed by atoms with E-state index in [4.69, 9.17) is 0 Å². The first-order chi connectivity index (χ1) is 8.68. The second-order valence-electron chi connectivity index (χ2n) is 5.30. The maximum Gasteiger partial charge on any atom is 0.146 e. The summed E-state index contributed by atoms with van der Waals surface area (Å²) < 4.78 is 13.7. The second-order valence-corrected chi connectivity index (χ2v) is 5.30. The summed E-state index contributed by atoms with van der Waals surface area (Å²) >= 11 is 0. The maximum absolute atomic E-state index is 13.7. The highest BCUT2D eigenvalue weighted by Gasteiger charge is 2.23. The number of rotatable bonds is 3. The SMILES string of the molecule is CN(CC1CCCCCC1O)c1ccccc1F. The molecule has 1 saturated carbocycles.